The number of imide groups is 1. The van der Waals surface area contributed by atoms with Crippen LogP contribution in [-0.2, 0) is 11.3 Å². The van der Waals surface area contributed by atoms with Crippen molar-refractivity contribution in [3.8, 4) is 5.75 Å². The second-order valence-corrected chi connectivity index (χ2v) is 7.37. The van der Waals surface area contributed by atoms with Gasteiger partial charge in [0.25, 0.3) is 11.1 Å². The maximum Gasteiger partial charge on any atom is 0.311 e. The molecule has 4 rings (SSSR count). The monoisotopic (exact) mass is 406 g/mol. The molecule has 7 nitrogen and oxygen atoms in total. The summed E-state index contributed by atoms with van der Waals surface area (Å²) in [7, 11) is 0. The van der Waals surface area contributed by atoms with Crippen molar-refractivity contribution in [2.24, 2.45) is 0 Å². The first-order valence-electron chi connectivity index (χ1n) is 8.64. The number of nitrogens with zero attached hydrogens (tertiary/aromatic N) is 2. The average Bonchev–Trinajstić information content (AvgIpc) is 2.97. The first-order valence-corrected chi connectivity index (χ1v) is 9.46. The summed E-state index contributed by atoms with van der Waals surface area (Å²) in [5, 5.41) is 22.6. The normalized spacial score (nSPS) is 15.4. The topological polar surface area (TPSA) is 101 Å². The predicted molar refractivity (Wildman–Crippen MR) is 110 cm³/mol. The SMILES string of the molecule is O=C1S/C(=C\c2cccc([N+](=O)[O-])c2O)C(=O)N1Cc1cccc2ccccc12. The van der Waals surface area contributed by atoms with Crippen LogP contribution in [0.3, 0.4) is 0 Å². The number of carbonyl (C=O) groups is 2. The lowest BCUT2D eigenvalue weighted by molar-refractivity contribution is -0.385. The van der Waals surface area contributed by atoms with Crippen LogP contribution in [0.2, 0.25) is 0 Å². The molecule has 3 aromatic carbocycles. The number of thioether (sulfide) groups is 1. The number of para-hydroxylation sites is 1. The van der Waals surface area contributed by atoms with Crippen LogP contribution in [0.15, 0.2) is 65.6 Å². The molecule has 29 heavy (non-hydrogen) atoms. The highest BCUT2D eigenvalue weighted by atomic mass is 32.2. The van der Waals surface area contributed by atoms with Gasteiger partial charge in [0.15, 0.2) is 0 Å². The van der Waals surface area contributed by atoms with E-state index in [9.17, 15) is 24.8 Å². The molecule has 8 heteroatoms. The van der Waals surface area contributed by atoms with E-state index in [0.717, 1.165) is 33.0 Å². The zero-order valence-corrected chi connectivity index (χ0v) is 15.8. The van der Waals surface area contributed by atoms with Gasteiger partial charge in [-0.05, 0) is 34.2 Å². The van der Waals surface area contributed by atoms with Gasteiger partial charge < -0.3 is 5.11 Å². The summed E-state index contributed by atoms with van der Waals surface area (Å²) in [5.74, 6) is -1.04. The van der Waals surface area contributed by atoms with Crippen LogP contribution < -0.4 is 0 Å². The number of benzene rings is 3. The van der Waals surface area contributed by atoms with Crippen molar-refractivity contribution in [3.05, 3.63) is 86.8 Å². The van der Waals surface area contributed by atoms with Gasteiger partial charge in [-0.25, -0.2) is 0 Å². The van der Waals surface area contributed by atoms with Gasteiger partial charge in [0, 0.05) is 11.6 Å². The number of hydrogen-bond acceptors (Lipinski definition) is 6. The molecule has 0 saturated carbocycles. The fraction of sp³-hybridized carbons (Fsp3) is 0.0476. The smallest absolute Gasteiger partial charge is 0.311 e. The molecule has 0 bridgehead atoms. The van der Waals surface area contributed by atoms with E-state index in [1.54, 1.807) is 0 Å². The van der Waals surface area contributed by atoms with Gasteiger partial charge in [-0.15, -0.1) is 0 Å². The van der Waals surface area contributed by atoms with E-state index in [0.29, 0.717) is 0 Å². The number of phenolic OH excluding ortho intramolecular Hbond substituents is 1. The van der Waals surface area contributed by atoms with Crippen molar-refractivity contribution in [3.63, 3.8) is 0 Å². The van der Waals surface area contributed by atoms with Crippen LogP contribution in [0.4, 0.5) is 10.5 Å². The fourth-order valence-electron chi connectivity index (χ4n) is 3.19. The van der Waals surface area contributed by atoms with Crippen molar-refractivity contribution in [1.82, 2.24) is 4.90 Å². The van der Waals surface area contributed by atoms with E-state index in [1.165, 1.54) is 24.3 Å². The Kier molecular flexibility index (Phi) is 4.77. The van der Waals surface area contributed by atoms with Crippen LogP contribution in [0.1, 0.15) is 11.1 Å². The Balaban J connectivity index is 1.65. The molecule has 0 aliphatic carbocycles. The Morgan fingerprint density at radius 2 is 1.76 bits per heavy atom. The van der Waals surface area contributed by atoms with Crippen molar-refractivity contribution >= 4 is 45.4 Å². The Morgan fingerprint density at radius 3 is 2.55 bits per heavy atom. The molecule has 1 fully saturated rings. The molecule has 1 N–H and O–H groups in total. The summed E-state index contributed by atoms with van der Waals surface area (Å²) in [6.45, 7) is 0.115. The first kappa shape index (κ1) is 18.7. The number of hydrogen-bond donors (Lipinski definition) is 1. The lowest BCUT2D eigenvalue weighted by Crippen LogP contribution is -2.27. The molecular formula is C21H14N2O5S. The van der Waals surface area contributed by atoms with Crippen molar-refractivity contribution in [2.75, 3.05) is 0 Å². The highest BCUT2D eigenvalue weighted by Crippen LogP contribution is 2.37. The Labute approximate surface area is 169 Å². The lowest BCUT2D eigenvalue weighted by atomic mass is 10.0. The molecule has 1 aliphatic rings. The average molecular weight is 406 g/mol. The number of phenols is 1. The first-order chi connectivity index (χ1) is 14.0. The molecule has 3 aromatic rings. The van der Waals surface area contributed by atoms with E-state index in [1.807, 2.05) is 42.5 Å². The van der Waals surface area contributed by atoms with Gasteiger partial charge in [0.2, 0.25) is 5.75 Å². The van der Waals surface area contributed by atoms with Gasteiger partial charge in [0.05, 0.1) is 16.4 Å². The molecule has 0 aromatic heterocycles. The van der Waals surface area contributed by atoms with Crippen LogP contribution in [0, 0.1) is 10.1 Å². The third kappa shape index (κ3) is 3.45. The standard InChI is InChI=1S/C21H14N2O5S/c24-19-14(7-4-10-17(19)23(27)28)11-18-20(25)22(21(26)29-18)12-15-8-3-6-13-5-1-2-9-16(13)15/h1-11,24H,12H2/b18-11-. The van der Waals surface area contributed by atoms with Gasteiger partial charge in [0.1, 0.15) is 0 Å². The molecule has 2 amide bonds. The molecule has 0 spiro atoms. The van der Waals surface area contributed by atoms with E-state index < -0.39 is 27.5 Å². The number of rotatable bonds is 4. The van der Waals surface area contributed by atoms with Crippen LogP contribution >= 0.6 is 11.8 Å². The summed E-state index contributed by atoms with van der Waals surface area (Å²) in [4.78, 5) is 36.7. The number of amides is 2. The second kappa shape index (κ2) is 7.40. The van der Waals surface area contributed by atoms with Gasteiger partial charge in [-0.2, -0.15) is 0 Å². The summed E-state index contributed by atoms with van der Waals surface area (Å²) in [6, 6.07) is 17.4. The minimum atomic E-state index is -0.709. The molecule has 1 saturated heterocycles. The molecule has 0 radical (unpaired) electrons. The summed E-state index contributed by atoms with van der Waals surface area (Å²) in [5.41, 5.74) is 0.480. The molecule has 0 unspecified atom stereocenters. The Bertz CT molecular complexity index is 1200. The zero-order valence-electron chi connectivity index (χ0n) is 14.9. The fourth-order valence-corrected chi connectivity index (χ4v) is 4.02. The van der Waals surface area contributed by atoms with Gasteiger partial charge in [-0.1, -0.05) is 54.6 Å². The second-order valence-electron chi connectivity index (χ2n) is 6.38. The van der Waals surface area contributed by atoms with Gasteiger partial charge in [-0.3, -0.25) is 24.6 Å². The molecular weight excluding hydrogens is 392 g/mol. The molecule has 0 atom stereocenters. The van der Waals surface area contributed by atoms with Crippen molar-refractivity contribution < 1.29 is 19.6 Å². The quantitative estimate of drug-likeness (QED) is 0.383. The summed E-state index contributed by atoms with van der Waals surface area (Å²) >= 11 is 0.742. The van der Waals surface area contributed by atoms with E-state index >= 15 is 0 Å². The number of aromatic hydroxyl groups is 1. The number of nitro groups is 1. The maximum absolute atomic E-state index is 12.8. The van der Waals surface area contributed by atoms with E-state index in [-0.39, 0.29) is 17.0 Å². The van der Waals surface area contributed by atoms with E-state index in [4.69, 9.17) is 0 Å². The van der Waals surface area contributed by atoms with Crippen molar-refractivity contribution in [2.45, 2.75) is 6.54 Å². The van der Waals surface area contributed by atoms with Gasteiger partial charge >= 0.3 is 5.69 Å². The zero-order chi connectivity index (χ0) is 20.5. The highest BCUT2D eigenvalue weighted by molar-refractivity contribution is 8.18. The molecule has 1 aliphatic heterocycles. The van der Waals surface area contributed by atoms with Crippen LogP contribution in [0.25, 0.3) is 16.8 Å². The molecule has 1 heterocycles. The predicted octanol–water partition coefficient (Wildman–Crippen LogP) is 4.69. The third-order valence-electron chi connectivity index (χ3n) is 4.61. The van der Waals surface area contributed by atoms with Crippen molar-refractivity contribution in [1.29, 1.82) is 0 Å². The third-order valence-corrected chi connectivity index (χ3v) is 5.52. The Morgan fingerprint density at radius 1 is 1.03 bits per heavy atom. The largest absolute Gasteiger partial charge is 0.502 e. The van der Waals surface area contributed by atoms with Crippen LogP contribution in [-0.4, -0.2) is 26.1 Å². The summed E-state index contributed by atoms with van der Waals surface area (Å²) in [6.07, 6.45) is 1.30. The minimum Gasteiger partial charge on any atom is -0.502 e. The summed E-state index contributed by atoms with van der Waals surface area (Å²) < 4.78 is 0. The lowest BCUT2D eigenvalue weighted by Gasteiger charge is -2.14. The Hall–Kier alpha value is -3.65. The number of fused-ring (bicyclic) bond motifs is 1. The number of nitro benzene ring substituents is 1. The van der Waals surface area contributed by atoms with E-state index in [2.05, 4.69) is 0 Å². The molecule has 144 valence electrons. The van der Waals surface area contributed by atoms with Crippen LogP contribution in [0.5, 0.6) is 5.75 Å². The minimum absolute atomic E-state index is 0.103. The number of carbonyl (C=O) groups excluding carboxylic acids is 2. The highest BCUT2D eigenvalue weighted by Gasteiger charge is 2.35. The maximum atomic E-state index is 12.8.